The Balaban J connectivity index is 1.44. The molecule has 2 fully saturated rings. The standard InChI is InChI=1S/C26H27ClF2N6O/c1-14-23(21-9-16-4-7-22(27)31-25(16)34(21)10-15-2-3-15)32-35-11-17(8-20(29)24(14)35)26(36)33-12-18(28)5-6-19(30)13-33/h4,7-9,11,15,18-19H,2-3,5-6,10,12-13,30H2,1H3/t18-,19-/m1/s1. The molecule has 0 aromatic carbocycles. The molecule has 4 aromatic heterocycles. The van der Waals surface area contributed by atoms with Crippen molar-refractivity contribution >= 4 is 34.1 Å². The summed E-state index contributed by atoms with van der Waals surface area (Å²) in [6, 6.07) is 6.57. The van der Waals surface area contributed by atoms with Crippen LogP contribution in [-0.2, 0) is 6.54 Å². The second kappa shape index (κ2) is 8.81. The van der Waals surface area contributed by atoms with Crippen LogP contribution in [0.15, 0.2) is 30.5 Å². The van der Waals surface area contributed by atoms with Crippen LogP contribution in [0.4, 0.5) is 8.78 Å². The third-order valence-corrected chi connectivity index (χ3v) is 7.48. The smallest absolute Gasteiger partial charge is 0.255 e. The lowest BCUT2D eigenvalue weighted by Gasteiger charge is -2.23. The average molecular weight is 513 g/mol. The van der Waals surface area contributed by atoms with Crippen molar-refractivity contribution in [1.82, 2.24) is 24.1 Å². The fourth-order valence-corrected chi connectivity index (χ4v) is 5.34. The molecule has 1 saturated carbocycles. The predicted molar refractivity (Wildman–Crippen MR) is 134 cm³/mol. The van der Waals surface area contributed by atoms with Gasteiger partial charge in [-0.15, -0.1) is 0 Å². The number of halogens is 3. The minimum Gasteiger partial charge on any atom is -0.334 e. The molecule has 2 atom stereocenters. The van der Waals surface area contributed by atoms with Crippen LogP contribution in [0.1, 0.15) is 41.6 Å². The van der Waals surface area contributed by atoms with Crippen LogP contribution >= 0.6 is 11.6 Å². The molecule has 1 aliphatic carbocycles. The highest BCUT2D eigenvalue weighted by atomic mass is 35.5. The van der Waals surface area contributed by atoms with E-state index in [1.165, 1.54) is 21.7 Å². The highest BCUT2D eigenvalue weighted by Crippen LogP contribution is 2.37. The number of carbonyl (C=O) groups excluding carboxylic acids is 1. The predicted octanol–water partition coefficient (Wildman–Crippen LogP) is 4.76. The van der Waals surface area contributed by atoms with Gasteiger partial charge in [-0.2, -0.15) is 5.10 Å². The molecule has 0 radical (unpaired) electrons. The molecule has 0 bridgehead atoms. The van der Waals surface area contributed by atoms with Gasteiger partial charge in [-0.05, 0) is 62.8 Å². The molecule has 2 aliphatic rings. The third-order valence-electron chi connectivity index (χ3n) is 7.27. The molecule has 0 unspecified atom stereocenters. The number of fused-ring (bicyclic) bond motifs is 2. The minimum atomic E-state index is -1.15. The summed E-state index contributed by atoms with van der Waals surface area (Å²) in [5.41, 5.74) is 9.34. The van der Waals surface area contributed by atoms with E-state index >= 15 is 4.39 Å². The Morgan fingerprint density at radius 3 is 2.78 bits per heavy atom. The number of rotatable bonds is 4. The maximum Gasteiger partial charge on any atom is 0.255 e. The zero-order valence-corrected chi connectivity index (χ0v) is 20.7. The normalized spacial score (nSPS) is 20.9. The van der Waals surface area contributed by atoms with Crippen LogP contribution in [-0.4, -0.2) is 55.3 Å². The Bertz CT molecular complexity index is 1480. The molecule has 10 heteroatoms. The first kappa shape index (κ1) is 23.4. The molecule has 36 heavy (non-hydrogen) atoms. The summed E-state index contributed by atoms with van der Waals surface area (Å²) in [4.78, 5) is 19.1. The van der Waals surface area contributed by atoms with Crippen LogP contribution in [0.25, 0.3) is 27.9 Å². The van der Waals surface area contributed by atoms with Gasteiger partial charge in [0.25, 0.3) is 5.91 Å². The molecule has 188 valence electrons. The molecule has 7 nitrogen and oxygen atoms in total. The molecular weight excluding hydrogens is 486 g/mol. The molecule has 6 rings (SSSR count). The summed E-state index contributed by atoms with van der Waals surface area (Å²) in [6.07, 6.45) is 3.51. The minimum absolute atomic E-state index is 0.0492. The maximum absolute atomic E-state index is 15.4. The summed E-state index contributed by atoms with van der Waals surface area (Å²) < 4.78 is 33.1. The lowest BCUT2D eigenvalue weighted by atomic mass is 10.1. The number of hydrogen-bond donors (Lipinski definition) is 1. The van der Waals surface area contributed by atoms with E-state index in [9.17, 15) is 9.18 Å². The fourth-order valence-electron chi connectivity index (χ4n) is 5.20. The van der Waals surface area contributed by atoms with E-state index in [1.807, 2.05) is 19.1 Å². The number of aryl methyl sites for hydroxylation is 1. The first-order chi connectivity index (χ1) is 17.3. The number of alkyl halides is 1. The van der Waals surface area contributed by atoms with Crippen molar-refractivity contribution in [2.75, 3.05) is 13.1 Å². The van der Waals surface area contributed by atoms with Gasteiger partial charge in [0.15, 0.2) is 0 Å². The molecule has 1 amide bonds. The maximum atomic E-state index is 15.4. The van der Waals surface area contributed by atoms with Gasteiger partial charge >= 0.3 is 0 Å². The van der Waals surface area contributed by atoms with Gasteiger partial charge in [0.2, 0.25) is 0 Å². The topological polar surface area (TPSA) is 81.5 Å². The van der Waals surface area contributed by atoms with Gasteiger partial charge in [0, 0.05) is 36.3 Å². The number of carbonyl (C=O) groups is 1. The van der Waals surface area contributed by atoms with Crippen molar-refractivity contribution in [2.45, 2.75) is 51.4 Å². The van der Waals surface area contributed by atoms with Crippen molar-refractivity contribution < 1.29 is 13.6 Å². The second-order valence-corrected chi connectivity index (χ2v) is 10.5. The van der Waals surface area contributed by atoms with Crippen molar-refractivity contribution in [2.24, 2.45) is 11.7 Å². The largest absolute Gasteiger partial charge is 0.334 e. The van der Waals surface area contributed by atoms with E-state index in [1.54, 1.807) is 6.07 Å². The van der Waals surface area contributed by atoms with E-state index in [0.717, 1.165) is 36.1 Å². The number of amides is 1. The Labute approximate surface area is 211 Å². The zero-order valence-electron chi connectivity index (χ0n) is 19.9. The second-order valence-electron chi connectivity index (χ2n) is 10.1. The Morgan fingerprint density at radius 1 is 1.19 bits per heavy atom. The van der Waals surface area contributed by atoms with Gasteiger partial charge in [0.05, 0.1) is 17.8 Å². The summed E-state index contributed by atoms with van der Waals surface area (Å²) in [5.74, 6) is -0.441. The lowest BCUT2D eigenvalue weighted by molar-refractivity contribution is 0.0718. The first-order valence-electron chi connectivity index (χ1n) is 12.3. The summed E-state index contributed by atoms with van der Waals surface area (Å²) in [5, 5.41) is 6.05. The summed E-state index contributed by atoms with van der Waals surface area (Å²) >= 11 is 6.19. The molecule has 1 aliphatic heterocycles. The molecule has 1 saturated heterocycles. The Hall–Kier alpha value is -3.04. The number of hydrogen-bond acceptors (Lipinski definition) is 4. The molecule has 5 heterocycles. The summed E-state index contributed by atoms with van der Waals surface area (Å²) in [7, 11) is 0. The lowest BCUT2D eigenvalue weighted by Crippen LogP contribution is -2.41. The Morgan fingerprint density at radius 2 is 2.00 bits per heavy atom. The SMILES string of the molecule is Cc1c(-c2cc3ccc(Cl)nc3n2CC2CC2)nn2cc(C(=O)N3C[C@H](N)CC[C@@H](F)C3)cc(F)c12. The third kappa shape index (κ3) is 4.14. The number of nitrogens with zero attached hydrogens (tertiary/aromatic N) is 5. The van der Waals surface area contributed by atoms with Gasteiger partial charge < -0.3 is 15.2 Å². The molecule has 0 spiro atoms. The van der Waals surface area contributed by atoms with Crippen molar-refractivity contribution in [3.8, 4) is 11.4 Å². The van der Waals surface area contributed by atoms with Crippen molar-refractivity contribution in [1.29, 1.82) is 0 Å². The van der Waals surface area contributed by atoms with Crippen LogP contribution in [0.5, 0.6) is 0 Å². The highest BCUT2D eigenvalue weighted by molar-refractivity contribution is 6.29. The van der Waals surface area contributed by atoms with Crippen molar-refractivity contribution in [3.63, 3.8) is 0 Å². The van der Waals surface area contributed by atoms with Crippen LogP contribution < -0.4 is 5.73 Å². The van der Waals surface area contributed by atoms with Gasteiger partial charge in [-0.3, -0.25) is 4.79 Å². The molecule has 2 N–H and O–H groups in total. The number of nitrogens with two attached hydrogens (primary N) is 1. The van der Waals surface area contributed by atoms with E-state index < -0.39 is 17.9 Å². The number of pyridine rings is 2. The van der Waals surface area contributed by atoms with Gasteiger partial charge in [-0.1, -0.05) is 11.6 Å². The summed E-state index contributed by atoms with van der Waals surface area (Å²) in [6.45, 7) is 2.79. The van der Waals surface area contributed by atoms with Crippen LogP contribution in [0.3, 0.4) is 0 Å². The van der Waals surface area contributed by atoms with Crippen molar-refractivity contribution in [3.05, 3.63) is 52.6 Å². The highest BCUT2D eigenvalue weighted by Gasteiger charge is 2.29. The monoisotopic (exact) mass is 512 g/mol. The van der Waals surface area contributed by atoms with E-state index in [4.69, 9.17) is 22.4 Å². The van der Waals surface area contributed by atoms with Gasteiger partial charge in [0.1, 0.15) is 34.0 Å². The van der Waals surface area contributed by atoms with Gasteiger partial charge in [-0.25, -0.2) is 18.3 Å². The van der Waals surface area contributed by atoms with Crippen LogP contribution in [0.2, 0.25) is 5.15 Å². The van der Waals surface area contributed by atoms with E-state index in [-0.39, 0.29) is 24.7 Å². The zero-order chi connectivity index (χ0) is 25.1. The first-order valence-corrected chi connectivity index (χ1v) is 12.7. The molecule has 4 aromatic rings. The number of likely N-dealkylation sites (tertiary alicyclic amines) is 1. The quantitative estimate of drug-likeness (QED) is 0.400. The number of aromatic nitrogens is 4. The van der Waals surface area contributed by atoms with E-state index in [2.05, 4.69) is 9.55 Å². The average Bonchev–Trinajstić information content (AvgIpc) is 3.55. The molecular formula is C26H27ClF2N6O. The Kier molecular flexibility index (Phi) is 5.72. The van der Waals surface area contributed by atoms with Crippen LogP contribution in [0, 0.1) is 18.7 Å². The van der Waals surface area contributed by atoms with E-state index in [0.29, 0.717) is 40.7 Å². The fraction of sp³-hybridized carbons (Fsp3) is 0.423.